The molecule has 0 fully saturated rings. The molecule has 0 unspecified atom stereocenters. The van der Waals surface area contributed by atoms with Crippen LogP contribution in [0.1, 0.15) is 59.5 Å². The summed E-state index contributed by atoms with van der Waals surface area (Å²) in [5.74, 6) is -2.00. The maximum atomic E-state index is 13.0. The fourth-order valence-electron chi connectivity index (χ4n) is 3.05. The Morgan fingerprint density at radius 3 is 2.39 bits per heavy atom. The van der Waals surface area contributed by atoms with E-state index < -0.39 is 28.9 Å². The molecule has 31 heavy (non-hydrogen) atoms. The molecular weight excluding hydrogens is 405 g/mol. The normalized spacial score (nSPS) is 11.0. The number of hydrogen-bond donors (Lipinski definition) is 3. The van der Waals surface area contributed by atoms with E-state index in [1.807, 2.05) is 20.8 Å². The van der Waals surface area contributed by atoms with Crippen molar-refractivity contribution in [1.29, 1.82) is 0 Å². The topological polar surface area (TPSA) is 126 Å². The number of amides is 2. The van der Waals surface area contributed by atoms with Crippen LogP contribution in [0.4, 0.5) is 4.39 Å². The van der Waals surface area contributed by atoms with Crippen molar-refractivity contribution in [1.82, 2.24) is 25.4 Å². The zero-order chi connectivity index (χ0) is 22.7. The van der Waals surface area contributed by atoms with Crippen LogP contribution in [0.5, 0.6) is 0 Å². The number of rotatable bonds is 5. The molecule has 1 aromatic carbocycles. The second-order valence-corrected chi connectivity index (χ2v) is 7.27. The summed E-state index contributed by atoms with van der Waals surface area (Å²) in [5, 5.41) is -0.0500. The Kier molecular flexibility index (Phi) is 6.28. The van der Waals surface area contributed by atoms with Gasteiger partial charge in [0.1, 0.15) is 5.82 Å². The molecule has 2 heterocycles. The highest BCUT2D eigenvalue weighted by Crippen LogP contribution is 2.19. The zero-order valence-electron chi connectivity index (χ0n) is 17.3. The second-order valence-electron chi connectivity index (χ2n) is 7.27. The van der Waals surface area contributed by atoms with Gasteiger partial charge in [-0.1, -0.05) is 20.8 Å². The maximum absolute atomic E-state index is 13.0. The van der Waals surface area contributed by atoms with Gasteiger partial charge in [-0.2, -0.15) is 0 Å². The summed E-state index contributed by atoms with van der Waals surface area (Å²) in [6.07, 6.45) is 0.615. The first-order chi connectivity index (χ1) is 14.7. The van der Waals surface area contributed by atoms with Gasteiger partial charge in [0.15, 0.2) is 5.65 Å². The minimum absolute atomic E-state index is 0.0285. The number of benzene rings is 1. The monoisotopic (exact) mass is 427 g/mol. The molecular formula is C21H22FN5O4. The van der Waals surface area contributed by atoms with Crippen LogP contribution in [0.2, 0.25) is 0 Å². The van der Waals surface area contributed by atoms with Gasteiger partial charge in [0.25, 0.3) is 17.4 Å². The lowest BCUT2D eigenvalue weighted by atomic mass is 10.0. The summed E-state index contributed by atoms with van der Waals surface area (Å²) in [7, 11) is 0. The van der Waals surface area contributed by atoms with Crippen LogP contribution >= 0.6 is 0 Å². The zero-order valence-corrected chi connectivity index (χ0v) is 17.3. The van der Waals surface area contributed by atoms with Crippen molar-refractivity contribution < 1.29 is 14.0 Å². The van der Waals surface area contributed by atoms with Crippen molar-refractivity contribution >= 4 is 22.8 Å². The molecule has 0 atom stereocenters. The van der Waals surface area contributed by atoms with E-state index in [2.05, 4.69) is 20.8 Å². The van der Waals surface area contributed by atoms with Gasteiger partial charge in [0.2, 0.25) is 0 Å². The average molecular weight is 427 g/mol. The Balaban J connectivity index is 2.03. The summed E-state index contributed by atoms with van der Waals surface area (Å²) in [6.45, 7) is 5.90. The molecule has 2 amide bonds. The Labute approximate surface area is 176 Å². The molecule has 2 aromatic heterocycles. The van der Waals surface area contributed by atoms with Crippen molar-refractivity contribution in [2.75, 3.05) is 0 Å². The van der Waals surface area contributed by atoms with E-state index in [9.17, 15) is 23.6 Å². The summed E-state index contributed by atoms with van der Waals surface area (Å²) in [6, 6.07) is 6.23. The first kappa shape index (κ1) is 21.9. The van der Waals surface area contributed by atoms with Gasteiger partial charge in [-0.3, -0.25) is 34.8 Å². The van der Waals surface area contributed by atoms with Crippen LogP contribution in [-0.4, -0.2) is 26.3 Å². The Morgan fingerprint density at radius 2 is 1.77 bits per heavy atom. The molecule has 0 spiro atoms. The van der Waals surface area contributed by atoms with E-state index >= 15 is 0 Å². The van der Waals surface area contributed by atoms with Crippen molar-refractivity contribution in [3.05, 3.63) is 73.8 Å². The SMILES string of the molecule is CCCn1c(=O)[nH]c(=O)c2c(C(=O)NNC(=O)c3ccc(F)cc3)cc(C(C)C)nc21. The van der Waals surface area contributed by atoms with E-state index in [-0.39, 0.29) is 28.1 Å². The molecule has 3 aromatic rings. The summed E-state index contributed by atoms with van der Waals surface area (Å²) in [4.78, 5) is 56.6. The summed E-state index contributed by atoms with van der Waals surface area (Å²) >= 11 is 0. The number of nitrogens with zero attached hydrogens (tertiary/aromatic N) is 2. The third-order valence-corrected chi connectivity index (χ3v) is 4.65. The van der Waals surface area contributed by atoms with E-state index in [1.54, 1.807) is 0 Å². The summed E-state index contributed by atoms with van der Waals surface area (Å²) in [5.41, 5.74) is 3.88. The highest BCUT2D eigenvalue weighted by molar-refractivity contribution is 6.06. The molecule has 162 valence electrons. The van der Waals surface area contributed by atoms with E-state index in [0.717, 1.165) is 12.1 Å². The number of aromatic amines is 1. The minimum atomic E-state index is -0.753. The first-order valence-electron chi connectivity index (χ1n) is 9.77. The highest BCUT2D eigenvalue weighted by Gasteiger charge is 2.21. The number of nitrogens with one attached hydrogen (secondary N) is 3. The number of hydrazine groups is 1. The van der Waals surface area contributed by atoms with Crippen molar-refractivity contribution in [3.63, 3.8) is 0 Å². The molecule has 0 radical (unpaired) electrons. The smallest absolute Gasteiger partial charge is 0.278 e. The number of aromatic nitrogens is 3. The van der Waals surface area contributed by atoms with Gasteiger partial charge in [0, 0.05) is 17.8 Å². The molecule has 0 bridgehead atoms. The number of aryl methyl sites for hydroxylation is 1. The van der Waals surface area contributed by atoms with E-state index in [0.29, 0.717) is 18.7 Å². The Morgan fingerprint density at radius 1 is 1.13 bits per heavy atom. The first-order valence-corrected chi connectivity index (χ1v) is 9.77. The largest absolute Gasteiger partial charge is 0.329 e. The van der Waals surface area contributed by atoms with E-state index in [4.69, 9.17) is 0 Å². The number of carbonyl (C=O) groups excluding carboxylic acids is 2. The molecule has 9 nitrogen and oxygen atoms in total. The van der Waals surface area contributed by atoms with Crippen molar-refractivity contribution in [2.24, 2.45) is 0 Å². The van der Waals surface area contributed by atoms with Gasteiger partial charge < -0.3 is 0 Å². The van der Waals surface area contributed by atoms with Crippen LogP contribution in [0.3, 0.4) is 0 Å². The fraction of sp³-hybridized carbons (Fsp3) is 0.286. The van der Waals surface area contributed by atoms with Crippen LogP contribution in [-0.2, 0) is 6.54 Å². The number of hydrogen-bond acceptors (Lipinski definition) is 5. The van der Waals surface area contributed by atoms with Gasteiger partial charge in [0.05, 0.1) is 10.9 Å². The van der Waals surface area contributed by atoms with E-state index in [1.165, 1.54) is 22.8 Å². The quantitative estimate of drug-likeness (QED) is 0.536. The van der Waals surface area contributed by atoms with Gasteiger partial charge in [-0.05, 0) is 42.7 Å². The fourth-order valence-corrected chi connectivity index (χ4v) is 3.05. The minimum Gasteiger partial charge on any atom is -0.278 e. The number of fused-ring (bicyclic) bond motifs is 1. The Bertz CT molecular complexity index is 1260. The predicted molar refractivity (Wildman–Crippen MR) is 112 cm³/mol. The lowest BCUT2D eigenvalue weighted by Crippen LogP contribution is -2.42. The predicted octanol–water partition coefficient (Wildman–Crippen LogP) is 1.83. The molecule has 0 aliphatic rings. The number of halogens is 1. The molecule has 10 heteroatoms. The van der Waals surface area contributed by atoms with Crippen LogP contribution in [0.25, 0.3) is 11.0 Å². The molecule has 3 rings (SSSR count). The van der Waals surface area contributed by atoms with Crippen LogP contribution in [0, 0.1) is 5.82 Å². The molecule has 0 aliphatic heterocycles. The second kappa shape index (κ2) is 8.90. The standard InChI is InChI=1S/C21H22FN5O4/c1-4-9-27-17-16(20(30)24-21(27)31)14(10-15(23-17)11(2)3)19(29)26-25-18(28)12-5-7-13(22)8-6-12/h5-8,10-11H,4,9H2,1-3H3,(H,25,28)(H,26,29)(H,24,30,31). The Hall–Kier alpha value is -3.82. The van der Waals surface area contributed by atoms with Gasteiger partial charge >= 0.3 is 5.69 Å². The van der Waals surface area contributed by atoms with Crippen molar-refractivity contribution in [2.45, 2.75) is 39.7 Å². The summed E-state index contributed by atoms with van der Waals surface area (Å²) < 4.78 is 14.3. The van der Waals surface area contributed by atoms with Crippen molar-refractivity contribution in [3.8, 4) is 0 Å². The maximum Gasteiger partial charge on any atom is 0.329 e. The van der Waals surface area contributed by atoms with Gasteiger partial charge in [-0.25, -0.2) is 14.2 Å². The lowest BCUT2D eigenvalue weighted by Gasteiger charge is -2.14. The number of pyridine rings is 1. The average Bonchev–Trinajstić information content (AvgIpc) is 2.74. The highest BCUT2D eigenvalue weighted by atomic mass is 19.1. The van der Waals surface area contributed by atoms with Crippen LogP contribution in [0.15, 0.2) is 39.9 Å². The third-order valence-electron chi connectivity index (χ3n) is 4.65. The van der Waals surface area contributed by atoms with Crippen LogP contribution < -0.4 is 22.1 Å². The molecule has 3 N–H and O–H groups in total. The molecule has 0 aliphatic carbocycles. The molecule has 0 saturated heterocycles. The molecule has 0 saturated carbocycles. The van der Waals surface area contributed by atoms with Gasteiger partial charge in [-0.15, -0.1) is 0 Å². The number of H-pyrrole nitrogens is 1. The lowest BCUT2D eigenvalue weighted by molar-refractivity contribution is 0.0847. The number of carbonyl (C=O) groups is 2. The third kappa shape index (κ3) is 4.52.